The third-order valence-electron chi connectivity index (χ3n) is 3.31. The summed E-state index contributed by atoms with van der Waals surface area (Å²) < 4.78 is 5.33. The molecule has 2 rings (SSSR count). The second-order valence-electron chi connectivity index (χ2n) is 5.43. The van der Waals surface area contributed by atoms with Gasteiger partial charge in [-0.3, -0.25) is 9.69 Å². The molecule has 1 aromatic rings. The number of carbonyl (C=O) groups excluding carboxylic acids is 1. The first-order valence-electron chi connectivity index (χ1n) is 7.32. The number of ether oxygens (including phenoxy) is 1. The van der Waals surface area contributed by atoms with Crippen LogP contribution in [-0.2, 0) is 11.3 Å². The Kier molecular flexibility index (Phi) is 6.56. The van der Waals surface area contributed by atoms with Crippen molar-refractivity contribution in [3.63, 3.8) is 0 Å². The number of nitrogens with one attached hydrogen (secondary N) is 1. The Balaban J connectivity index is 1.74. The number of carbonyl (C=O) groups is 1. The first-order valence-corrected chi connectivity index (χ1v) is 8.20. The smallest absolute Gasteiger partial charge is 0.270 e. The summed E-state index contributed by atoms with van der Waals surface area (Å²) in [6.45, 7) is 5.90. The second-order valence-corrected chi connectivity index (χ2v) is 6.37. The van der Waals surface area contributed by atoms with Crippen LogP contribution in [0.1, 0.15) is 21.9 Å². The molecule has 1 aromatic heterocycles. The molecule has 118 valence electrons. The van der Waals surface area contributed by atoms with Gasteiger partial charge in [0.2, 0.25) is 0 Å². The van der Waals surface area contributed by atoms with Crippen molar-refractivity contribution < 1.29 is 9.53 Å². The highest BCUT2D eigenvalue weighted by Crippen LogP contribution is 2.13. The summed E-state index contributed by atoms with van der Waals surface area (Å²) in [4.78, 5) is 20.8. The highest BCUT2D eigenvalue weighted by molar-refractivity contribution is 7.09. The minimum absolute atomic E-state index is 0.0711. The van der Waals surface area contributed by atoms with Crippen LogP contribution in [0.4, 0.5) is 0 Å². The molecule has 0 saturated carbocycles. The minimum atomic E-state index is -0.0711. The third-order valence-corrected chi connectivity index (χ3v) is 4.15. The van der Waals surface area contributed by atoms with E-state index < -0.39 is 0 Å². The molecule has 1 saturated heterocycles. The van der Waals surface area contributed by atoms with Crippen LogP contribution in [0, 0.1) is 0 Å². The van der Waals surface area contributed by atoms with Gasteiger partial charge in [-0.1, -0.05) is 0 Å². The maximum Gasteiger partial charge on any atom is 0.270 e. The summed E-state index contributed by atoms with van der Waals surface area (Å²) in [7, 11) is 4.06. The average molecular weight is 312 g/mol. The van der Waals surface area contributed by atoms with Crippen LogP contribution in [0.15, 0.2) is 5.38 Å². The maximum absolute atomic E-state index is 12.0. The van der Waals surface area contributed by atoms with E-state index in [1.165, 1.54) is 0 Å². The topological polar surface area (TPSA) is 57.7 Å². The molecule has 0 atom stereocenters. The van der Waals surface area contributed by atoms with Crippen LogP contribution < -0.4 is 5.32 Å². The fraction of sp³-hybridized carbons (Fsp3) is 0.714. The number of rotatable bonds is 7. The summed E-state index contributed by atoms with van der Waals surface area (Å²) in [6.07, 6.45) is 0.948. The molecule has 0 aromatic carbocycles. The van der Waals surface area contributed by atoms with Gasteiger partial charge in [0.25, 0.3) is 5.91 Å². The van der Waals surface area contributed by atoms with Gasteiger partial charge in [0.15, 0.2) is 0 Å². The molecule has 1 amide bonds. The van der Waals surface area contributed by atoms with E-state index >= 15 is 0 Å². The van der Waals surface area contributed by atoms with Gasteiger partial charge in [-0.05, 0) is 27.1 Å². The molecule has 0 aliphatic carbocycles. The summed E-state index contributed by atoms with van der Waals surface area (Å²) in [6, 6.07) is 0. The molecule has 0 bridgehead atoms. The van der Waals surface area contributed by atoms with E-state index in [0.717, 1.165) is 50.8 Å². The van der Waals surface area contributed by atoms with E-state index in [2.05, 4.69) is 20.1 Å². The van der Waals surface area contributed by atoms with E-state index in [-0.39, 0.29) is 5.91 Å². The Hall–Kier alpha value is -1.02. The normalized spacial score (nSPS) is 16.3. The van der Waals surface area contributed by atoms with Crippen LogP contribution in [0.3, 0.4) is 0 Å². The van der Waals surface area contributed by atoms with Crippen molar-refractivity contribution in [1.29, 1.82) is 0 Å². The van der Waals surface area contributed by atoms with E-state index in [1.54, 1.807) is 11.3 Å². The second kappa shape index (κ2) is 8.43. The fourth-order valence-corrected chi connectivity index (χ4v) is 2.94. The van der Waals surface area contributed by atoms with Crippen LogP contribution in [0.25, 0.3) is 0 Å². The van der Waals surface area contributed by atoms with Gasteiger partial charge in [-0.25, -0.2) is 4.98 Å². The maximum atomic E-state index is 12.0. The van der Waals surface area contributed by atoms with Crippen molar-refractivity contribution in [2.24, 2.45) is 0 Å². The van der Waals surface area contributed by atoms with E-state index in [9.17, 15) is 4.79 Å². The first-order chi connectivity index (χ1) is 10.1. The van der Waals surface area contributed by atoms with Gasteiger partial charge in [-0.15, -0.1) is 11.3 Å². The van der Waals surface area contributed by atoms with Gasteiger partial charge in [-0.2, -0.15) is 0 Å². The van der Waals surface area contributed by atoms with Crippen molar-refractivity contribution in [3.8, 4) is 0 Å². The lowest BCUT2D eigenvalue weighted by atomic mass is 10.3. The fourth-order valence-electron chi connectivity index (χ4n) is 2.13. The molecule has 1 fully saturated rings. The SMILES string of the molecule is CN(C)CCCNC(=O)c1csc(CN2CCOCC2)n1. The van der Waals surface area contributed by atoms with E-state index in [1.807, 2.05) is 19.5 Å². The van der Waals surface area contributed by atoms with Crippen LogP contribution in [-0.4, -0.2) is 74.2 Å². The Labute approximate surface area is 130 Å². The lowest BCUT2D eigenvalue weighted by Gasteiger charge is -2.25. The van der Waals surface area contributed by atoms with Crippen molar-refractivity contribution in [1.82, 2.24) is 20.1 Å². The molecule has 7 heteroatoms. The lowest BCUT2D eigenvalue weighted by molar-refractivity contribution is 0.0341. The molecule has 6 nitrogen and oxygen atoms in total. The number of amides is 1. The summed E-state index contributed by atoms with van der Waals surface area (Å²) in [5.74, 6) is -0.0711. The monoisotopic (exact) mass is 312 g/mol. The average Bonchev–Trinajstić information content (AvgIpc) is 2.93. The van der Waals surface area contributed by atoms with E-state index in [4.69, 9.17) is 4.74 Å². The van der Waals surface area contributed by atoms with Gasteiger partial charge in [0.05, 0.1) is 19.8 Å². The number of nitrogens with zero attached hydrogens (tertiary/aromatic N) is 3. The molecule has 0 radical (unpaired) electrons. The van der Waals surface area contributed by atoms with Gasteiger partial charge >= 0.3 is 0 Å². The molecular formula is C14H24N4O2S. The van der Waals surface area contributed by atoms with E-state index in [0.29, 0.717) is 12.2 Å². The number of thiazole rings is 1. The molecule has 0 unspecified atom stereocenters. The number of morpholine rings is 1. The van der Waals surface area contributed by atoms with Gasteiger partial charge < -0.3 is 15.0 Å². The number of hydrogen-bond acceptors (Lipinski definition) is 6. The predicted octanol–water partition coefficient (Wildman–Crippen LogP) is 0.657. The van der Waals surface area contributed by atoms with Gasteiger partial charge in [0.1, 0.15) is 10.7 Å². The molecule has 1 N–H and O–H groups in total. The summed E-state index contributed by atoms with van der Waals surface area (Å²) >= 11 is 1.55. The zero-order valence-electron chi connectivity index (χ0n) is 12.8. The standard InChI is InChI=1S/C14H24N4O2S/c1-17(2)5-3-4-15-14(19)12-11-21-13(16-12)10-18-6-8-20-9-7-18/h11H,3-10H2,1-2H3,(H,15,19). The molecule has 1 aliphatic rings. The minimum Gasteiger partial charge on any atom is -0.379 e. The predicted molar refractivity (Wildman–Crippen MR) is 83.7 cm³/mol. The zero-order valence-corrected chi connectivity index (χ0v) is 13.6. The van der Waals surface area contributed by atoms with Crippen molar-refractivity contribution >= 4 is 17.2 Å². The Morgan fingerprint density at radius 2 is 2.24 bits per heavy atom. The molecular weight excluding hydrogens is 288 g/mol. The van der Waals surface area contributed by atoms with Crippen molar-refractivity contribution in [3.05, 3.63) is 16.1 Å². The quantitative estimate of drug-likeness (QED) is 0.750. The molecule has 2 heterocycles. The highest BCUT2D eigenvalue weighted by Gasteiger charge is 2.15. The Morgan fingerprint density at radius 3 is 2.95 bits per heavy atom. The van der Waals surface area contributed by atoms with Crippen molar-refractivity contribution in [2.45, 2.75) is 13.0 Å². The Bertz CT molecular complexity index is 444. The number of hydrogen-bond donors (Lipinski definition) is 1. The van der Waals surface area contributed by atoms with Crippen LogP contribution in [0.2, 0.25) is 0 Å². The van der Waals surface area contributed by atoms with Crippen LogP contribution >= 0.6 is 11.3 Å². The zero-order chi connectivity index (χ0) is 15.1. The molecule has 1 aliphatic heterocycles. The van der Waals surface area contributed by atoms with Gasteiger partial charge in [0, 0.05) is 25.0 Å². The molecule has 21 heavy (non-hydrogen) atoms. The summed E-state index contributed by atoms with van der Waals surface area (Å²) in [5, 5.41) is 5.76. The molecule has 0 spiro atoms. The lowest BCUT2D eigenvalue weighted by Crippen LogP contribution is -2.35. The highest BCUT2D eigenvalue weighted by atomic mass is 32.1. The first kappa shape index (κ1) is 16.4. The van der Waals surface area contributed by atoms with Crippen LogP contribution in [0.5, 0.6) is 0 Å². The number of aromatic nitrogens is 1. The largest absolute Gasteiger partial charge is 0.379 e. The third kappa shape index (κ3) is 5.70. The Morgan fingerprint density at radius 1 is 1.48 bits per heavy atom. The van der Waals surface area contributed by atoms with Crippen molar-refractivity contribution in [2.75, 3.05) is 53.5 Å². The summed E-state index contributed by atoms with van der Waals surface area (Å²) in [5.41, 5.74) is 0.535.